The van der Waals surface area contributed by atoms with Gasteiger partial charge in [-0.15, -0.1) is 0 Å². The summed E-state index contributed by atoms with van der Waals surface area (Å²) >= 11 is 0. The molecular weight excluding hydrogens is 147 g/mol. The Balaban J connectivity index is 0.000000605. The van der Waals surface area contributed by atoms with E-state index in [1.54, 1.807) is 0 Å². The van der Waals surface area contributed by atoms with Crippen molar-refractivity contribution in [3.05, 3.63) is 29.8 Å². The van der Waals surface area contributed by atoms with Gasteiger partial charge in [0.15, 0.2) is 0 Å². The van der Waals surface area contributed by atoms with Gasteiger partial charge in [0.2, 0.25) is 0 Å². The van der Waals surface area contributed by atoms with Gasteiger partial charge in [0.25, 0.3) is 0 Å². The van der Waals surface area contributed by atoms with E-state index in [9.17, 15) is 0 Å². The fourth-order valence-electron chi connectivity index (χ4n) is 1.30. The fraction of sp³-hybridized carbons (Fsp3) is 0.333. The zero-order valence-electron chi connectivity index (χ0n) is 6.84. The molecule has 0 amide bonds. The number of hydrogen-bond donors (Lipinski definition) is 0. The van der Waals surface area contributed by atoms with Gasteiger partial charge in [0.1, 0.15) is 5.75 Å². The Labute approximate surface area is 90.5 Å². The fourth-order valence-corrected chi connectivity index (χ4v) is 1.30. The monoisotopic (exact) mass is 159 g/mol. The molecule has 0 aliphatic carbocycles. The third kappa shape index (κ3) is 1.98. The molecule has 1 aromatic rings. The van der Waals surface area contributed by atoms with E-state index in [0.29, 0.717) is 0 Å². The molecule has 1 aliphatic heterocycles. The second-order valence-electron chi connectivity index (χ2n) is 2.56. The van der Waals surface area contributed by atoms with Crippen molar-refractivity contribution in [1.82, 2.24) is 0 Å². The molecule has 0 spiro atoms. The van der Waals surface area contributed by atoms with Crippen LogP contribution in [0.1, 0.15) is 13.4 Å². The number of aryl methyl sites for hydroxylation is 1. The summed E-state index contributed by atoms with van der Waals surface area (Å²) in [5.74, 6) is 1.08. The minimum Gasteiger partial charge on any atom is -0.493 e. The van der Waals surface area contributed by atoms with Crippen LogP contribution in [0.3, 0.4) is 0 Å². The molecule has 0 N–H and O–H groups in total. The summed E-state index contributed by atoms with van der Waals surface area (Å²) in [5.41, 5.74) is 1.36. The van der Waals surface area contributed by atoms with E-state index < -0.39 is 0 Å². The Morgan fingerprint density at radius 1 is 1.27 bits per heavy atom. The van der Waals surface area contributed by atoms with Crippen molar-refractivity contribution in [1.29, 1.82) is 0 Å². The molecule has 1 aromatic carbocycles. The average molecular weight is 159 g/mol. The summed E-state index contributed by atoms with van der Waals surface area (Å²) in [6, 6.07) is 8.25. The number of fused-ring (bicyclic) bond motifs is 1. The molecule has 0 radical (unpaired) electrons. The summed E-state index contributed by atoms with van der Waals surface area (Å²) in [6.45, 7) is 0.886. The first kappa shape index (κ1) is 9.11. The minimum absolute atomic E-state index is 0. The van der Waals surface area contributed by atoms with Gasteiger partial charge in [-0.1, -0.05) is 18.2 Å². The van der Waals surface area contributed by atoms with E-state index in [4.69, 9.17) is 4.74 Å². The zero-order chi connectivity index (χ0) is 6.81. The first-order chi connectivity index (χ1) is 4.97. The van der Waals surface area contributed by atoms with Crippen molar-refractivity contribution < 1.29 is 6.16 Å². The standard InChI is InChI=1S/C9H10O.Na.H/c1-2-6-9-8(4-1)5-3-7-10-9;;/h1-2,4,6H,3,5,7H2;;/p+1. The van der Waals surface area contributed by atoms with E-state index in [2.05, 4.69) is 12.1 Å². The zero-order valence-corrected chi connectivity index (χ0v) is 5.84. The maximum atomic E-state index is 5.42. The molecule has 54 valence electrons. The molecule has 1 aliphatic rings. The molecule has 0 aromatic heterocycles. The second-order valence-corrected chi connectivity index (χ2v) is 2.56. The topological polar surface area (TPSA) is 9.23 Å². The molecule has 1 nitrogen and oxygen atoms in total. The van der Waals surface area contributed by atoms with Crippen LogP contribution in [-0.2, 0) is 6.42 Å². The predicted molar refractivity (Wildman–Crippen MR) is 48.5 cm³/mol. The minimum atomic E-state index is 0. The van der Waals surface area contributed by atoms with Crippen LogP contribution in [-0.4, -0.2) is 36.2 Å². The summed E-state index contributed by atoms with van der Waals surface area (Å²) in [5, 5.41) is 0. The molecule has 1 heterocycles. The number of ether oxygens (including phenoxy) is 1. The third-order valence-electron chi connectivity index (χ3n) is 1.82. The Bertz CT molecular complexity index is 215. The molecule has 0 unspecified atom stereocenters. The molecule has 11 heavy (non-hydrogen) atoms. The quantitative estimate of drug-likeness (QED) is 0.521. The van der Waals surface area contributed by atoms with Gasteiger partial charge in [-0.05, 0) is 24.5 Å². The largest absolute Gasteiger partial charge is 0.493 e. The van der Waals surface area contributed by atoms with Crippen LogP contribution < -0.4 is 4.74 Å². The van der Waals surface area contributed by atoms with Gasteiger partial charge in [0.05, 0.1) is 6.61 Å². The van der Waals surface area contributed by atoms with Crippen LogP contribution in [0.2, 0.25) is 0 Å². The number of benzene rings is 1. The van der Waals surface area contributed by atoms with Crippen molar-refractivity contribution in [2.45, 2.75) is 12.8 Å². The van der Waals surface area contributed by atoms with E-state index in [1.807, 2.05) is 12.1 Å². The van der Waals surface area contributed by atoms with Crippen LogP contribution in [0, 0.1) is 0 Å². The van der Waals surface area contributed by atoms with Crippen LogP contribution >= 0.6 is 0 Å². The maximum absolute atomic E-state index is 5.42. The molecule has 0 bridgehead atoms. The molecule has 2 heteroatoms. The SMILES string of the molecule is [H+].[NaH].c1ccc2c(c1)CCCO2. The summed E-state index contributed by atoms with van der Waals surface area (Å²) in [7, 11) is 0. The van der Waals surface area contributed by atoms with Gasteiger partial charge >= 0.3 is 31.0 Å². The second kappa shape index (κ2) is 4.15. The summed E-state index contributed by atoms with van der Waals surface area (Å²) < 4.78 is 5.42. The molecular formula is C9H12NaO+. The van der Waals surface area contributed by atoms with Crippen molar-refractivity contribution in [3.8, 4) is 5.75 Å². The smallest absolute Gasteiger partial charge is 0.122 e. The van der Waals surface area contributed by atoms with Crippen LogP contribution in [0.15, 0.2) is 24.3 Å². The van der Waals surface area contributed by atoms with Gasteiger partial charge < -0.3 is 4.74 Å². The van der Waals surface area contributed by atoms with Crippen molar-refractivity contribution in [2.24, 2.45) is 0 Å². The Morgan fingerprint density at radius 3 is 2.91 bits per heavy atom. The molecule has 0 atom stereocenters. The van der Waals surface area contributed by atoms with Crippen LogP contribution in [0.5, 0.6) is 5.75 Å². The Kier molecular flexibility index (Phi) is 3.44. The number of hydrogen-bond acceptors (Lipinski definition) is 1. The van der Waals surface area contributed by atoms with Gasteiger partial charge in [-0.3, -0.25) is 0 Å². The Hall–Kier alpha value is 0.0200. The Morgan fingerprint density at radius 2 is 2.09 bits per heavy atom. The van der Waals surface area contributed by atoms with Gasteiger partial charge in [-0.25, -0.2) is 0 Å². The van der Waals surface area contributed by atoms with E-state index >= 15 is 0 Å². The predicted octanol–water partition coefficient (Wildman–Crippen LogP) is 1.48. The molecule has 0 saturated heterocycles. The normalized spacial score (nSPS) is 14.2. The number of para-hydroxylation sites is 1. The van der Waals surface area contributed by atoms with Gasteiger partial charge in [0, 0.05) is 0 Å². The van der Waals surface area contributed by atoms with Crippen LogP contribution in [0.25, 0.3) is 0 Å². The average Bonchev–Trinajstić information content (AvgIpc) is 2.05. The summed E-state index contributed by atoms with van der Waals surface area (Å²) in [4.78, 5) is 0. The van der Waals surface area contributed by atoms with E-state index in [0.717, 1.165) is 18.8 Å². The van der Waals surface area contributed by atoms with Crippen LogP contribution in [0.4, 0.5) is 0 Å². The molecule has 0 saturated carbocycles. The van der Waals surface area contributed by atoms with Crippen molar-refractivity contribution in [2.75, 3.05) is 6.61 Å². The first-order valence-corrected chi connectivity index (χ1v) is 3.67. The van der Waals surface area contributed by atoms with Crippen molar-refractivity contribution >= 4 is 29.6 Å². The molecule has 0 fully saturated rings. The number of rotatable bonds is 0. The van der Waals surface area contributed by atoms with Gasteiger partial charge in [-0.2, -0.15) is 0 Å². The first-order valence-electron chi connectivity index (χ1n) is 3.67. The van der Waals surface area contributed by atoms with Crippen molar-refractivity contribution in [3.63, 3.8) is 0 Å². The third-order valence-corrected chi connectivity index (χ3v) is 1.82. The van der Waals surface area contributed by atoms with E-state index in [-0.39, 0.29) is 31.0 Å². The summed E-state index contributed by atoms with van der Waals surface area (Å²) in [6.07, 6.45) is 2.34. The molecule has 2 rings (SSSR count). The maximum Gasteiger partial charge on any atom is 0.122 e. The van der Waals surface area contributed by atoms with E-state index in [1.165, 1.54) is 12.0 Å².